The Hall–Kier alpha value is -1.30. The molecule has 1 aromatic carbocycles. The Balaban J connectivity index is 2.03. The summed E-state index contributed by atoms with van der Waals surface area (Å²) in [6, 6.07) is 3.41. The van der Waals surface area contributed by atoms with Crippen molar-refractivity contribution in [1.82, 2.24) is 9.80 Å². The Morgan fingerprint density at radius 3 is 2.57 bits per heavy atom. The second kappa shape index (κ2) is 7.99. The molecule has 0 saturated carbocycles. The van der Waals surface area contributed by atoms with Gasteiger partial charge >= 0.3 is 0 Å². The van der Waals surface area contributed by atoms with E-state index in [1.807, 2.05) is 19.9 Å². The summed E-state index contributed by atoms with van der Waals surface area (Å²) in [7, 11) is 1.57. The van der Waals surface area contributed by atoms with Gasteiger partial charge in [0.05, 0.1) is 18.8 Å². The fourth-order valence-corrected chi connectivity index (χ4v) is 2.95. The number of piperazine rings is 1. The van der Waals surface area contributed by atoms with Crippen LogP contribution in [0.2, 0.25) is 5.02 Å². The molecule has 1 atom stereocenters. The van der Waals surface area contributed by atoms with E-state index in [1.165, 1.54) is 0 Å². The fourth-order valence-electron chi connectivity index (χ4n) is 2.80. The van der Waals surface area contributed by atoms with Crippen LogP contribution in [0.4, 0.5) is 5.69 Å². The summed E-state index contributed by atoms with van der Waals surface area (Å²) in [6.45, 7) is 10.9. The molecule has 1 aliphatic heterocycles. The van der Waals surface area contributed by atoms with Gasteiger partial charge in [-0.1, -0.05) is 18.5 Å². The minimum Gasteiger partial charge on any atom is -0.495 e. The van der Waals surface area contributed by atoms with Gasteiger partial charge in [0.1, 0.15) is 5.75 Å². The molecule has 6 heteroatoms. The number of rotatable bonds is 5. The van der Waals surface area contributed by atoms with Crippen LogP contribution in [0, 0.1) is 6.92 Å². The summed E-state index contributed by atoms with van der Waals surface area (Å²) >= 11 is 6.11. The largest absolute Gasteiger partial charge is 0.495 e. The Kier molecular flexibility index (Phi) is 6.27. The van der Waals surface area contributed by atoms with Gasteiger partial charge in [-0.15, -0.1) is 0 Å². The molecular weight excluding hydrogens is 314 g/mol. The van der Waals surface area contributed by atoms with Gasteiger partial charge in [-0.3, -0.25) is 9.69 Å². The minimum absolute atomic E-state index is 0.0185. The third kappa shape index (κ3) is 4.37. The number of hydrogen-bond acceptors (Lipinski definition) is 4. The van der Waals surface area contributed by atoms with Crippen LogP contribution in [0.3, 0.4) is 0 Å². The highest BCUT2D eigenvalue weighted by atomic mass is 35.5. The smallest absolute Gasteiger partial charge is 0.241 e. The van der Waals surface area contributed by atoms with Crippen molar-refractivity contribution in [1.29, 1.82) is 0 Å². The topological polar surface area (TPSA) is 44.8 Å². The molecule has 1 N–H and O–H groups in total. The molecule has 5 nitrogen and oxygen atoms in total. The highest BCUT2D eigenvalue weighted by Crippen LogP contribution is 2.31. The molecule has 0 spiro atoms. The first kappa shape index (κ1) is 18.0. The van der Waals surface area contributed by atoms with E-state index in [9.17, 15) is 4.79 Å². The number of nitrogens with one attached hydrogen (secondary N) is 1. The van der Waals surface area contributed by atoms with Gasteiger partial charge in [0.2, 0.25) is 5.91 Å². The number of nitrogens with zero attached hydrogens (tertiary/aromatic N) is 2. The summed E-state index contributed by atoms with van der Waals surface area (Å²) in [5.74, 6) is 0.562. The molecule has 1 aromatic rings. The number of likely N-dealkylation sites (N-methyl/N-ethyl adjacent to an activating group) is 1. The molecule has 0 bridgehead atoms. The Morgan fingerprint density at radius 2 is 2.00 bits per heavy atom. The van der Waals surface area contributed by atoms with E-state index in [0.717, 1.165) is 38.3 Å². The summed E-state index contributed by atoms with van der Waals surface area (Å²) < 4.78 is 5.32. The van der Waals surface area contributed by atoms with Crippen molar-refractivity contribution >= 4 is 23.2 Å². The molecule has 1 fully saturated rings. The van der Waals surface area contributed by atoms with Crippen LogP contribution in [0.15, 0.2) is 12.1 Å². The quantitative estimate of drug-likeness (QED) is 0.895. The molecule has 1 amide bonds. The number of benzene rings is 1. The Labute approximate surface area is 143 Å². The lowest BCUT2D eigenvalue weighted by Crippen LogP contribution is -2.52. The number of hydrogen-bond donors (Lipinski definition) is 1. The molecule has 0 aromatic heterocycles. The third-order valence-corrected chi connectivity index (χ3v) is 4.93. The van der Waals surface area contributed by atoms with E-state index < -0.39 is 0 Å². The number of carbonyl (C=O) groups is 1. The average molecular weight is 340 g/mol. The normalized spacial score (nSPS) is 17.8. The van der Waals surface area contributed by atoms with Gasteiger partial charge in [-0.25, -0.2) is 0 Å². The first-order valence-corrected chi connectivity index (χ1v) is 8.45. The van der Waals surface area contributed by atoms with Gasteiger partial charge in [0.25, 0.3) is 0 Å². The predicted octanol–water partition coefficient (Wildman–Crippen LogP) is 2.62. The summed E-state index contributed by atoms with van der Waals surface area (Å²) in [5.41, 5.74) is 1.57. The van der Waals surface area contributed by atoms with Crippen LogP contribution >= 0.6 is 11.6 Å². The lowest BCUT2D eigenvalue weighted by Gasteiger charge is -2.36. The van der Waals surface area contributed by atoms with Crippen molar-refractivity contribution in [3.8, 4) is 5.75 Å². The number of methoxy groups -OCH3 is 1. The number of carbonyl (C=O) groups excluding carboxylic acids is 1. The van der Waals surface area contributed by atoms with Crippen LogP contribution in [-0.4, -0.2) is 61.6 Å². The number of halogens is 1. The zero-order valence-electron chi connectivity index (χ0n) is 14.4. The monoisotopic (exact) mass is 339 g/mol. The maximum atomic E-state index is 12.6. The van der Waals surface area contributed by atoms with E-state index in [4.69, 9.17) is 16.3 Å². The van der Waals surface area contributed by atoms with E-state index in [2.05, 4.69) is 22.0 Å². The minimum atomic E-state index is -0.172. The van der Waals surface area contributed by atoms with Gasteiger partial charge in [-0.05, 0) is 32.0 Å². The fraction of sp³-hybridized carbons (Fsp3) is 0.588. The summed E-state index contributed by atoms with van der Waals surface area (Å²) in [4.78, 5) is 17.2. The van der Waals surface area contributed by atoms with Crippen LogP contribution in [0.25, 0.3) is 0 Å². The summed E-state index contributed by atoms with van der Waals surface area (Å²) in [5, 5.41) is 3.60. The first-order chi connectivity index (χ1) is 11.0. The number of anilines is 1. The number of ether oxygens (including phenoxy) is 1. The van der Waals surface area contributed by atoms with Gasteiger partial charge in [-0.2, -0.15) is 0 Å². The van der Waals surface area contributed by atoms with Gasteiger partial charge in [0.15, 0.2) is 0 Å². The van der Waals surface area contributed by atoms with Gasteiger partial charge < -0.3 is 15.0 Å². The average Bonchev–Trinajstić information content (AvgIpc) is 2.57. The van der Waals surface area contributed by atoms with E-state index in [-0.39, 0.29) is 11.9 Å². The zero-order chi connectivity index (χ0) is 17.0. The lowest BCUT2D eigenvalue weighted by molar-refractivity contribution is -0.121. The standard InChI is InChI=1S/C17H26ClN3O2/c1-5-20-6-8-21(9-7-20)13(3)17(22)19-15-10-12(2)14(18)11-16(15)23-4/h10-11,13H,5-9H2,1-4H3,(H,19,22)/t13-/m1/s1. The molecule has 1 heterocycles. The maximum Gasteiger partial charge on any atom is 0.241 e. The van der Waals surface area contributed by atoms with Crippen molar-refractivity contribution < 1.29 is 9.53 Å². The van der Waals surface area contributed by atoms with Crippen LogP contribution in [0.1, 0.15) is 19.4 Å². The van der Waals surface area contributed by atoms with Crippen LogP contribution < -0.4 is 10.1 Å². The first-order valence-electron chi connectivity index (χ1n) is 8.07. The predicted molar refractivity (Wildman–Crippen MR) is 94.5 cm³/mol. The molecule has 0 aliphatic carbocycles. The SMILES string of the molecule is CCN1CCN([C@H](C)C(=O)Nc2cc(C)c(Cl)cc2OC)CC1. The molecule has 2 rings (SSSR count). The van der Waals surface area contributed by atoms with Crippen LogP contribution in [-0.2, 0) is 4.79 Å². The van der Waals surface area contributed by atoms with Crippen molar-refractivity contribution in [2.45, 2.75) is 26.8 Å². The molecule has 0 unspecified atom stereocenters. The van der Waals surface area contributed by atoms with Gasteiger partial charge in [0, 0.05) is 37.3 Å². The molecule has 1 saturated heterocycles. The third-order valence-electron chi connectivity index (χ3n) is 4.52. The molecular formula is C17H26ClN3O2. The molecule has 0 radical (unpaired) electrons. The molecule has 23 heavy (non-hydrogen) atoms. The van der Waals surface area contributed by atoms with Crippen molar-refractivity contribution in [2.24, 2.45) is 0 Å². The van der Waals surface area contributed by atoms with E-state index >= 15 is 0 Å². The van der Waals surface area contributed by atoms with E-state index in [0.29, 0.717) is 16.5 Å². The van der Waals surface area contributed by atoms with Crippen molar-refractivity contribution in [2.75, 3.05) is 45.2 Å². The maximum absolute atomic E-state index is 12.6. The molecule has 128 valence electrons. The Bertz CT molecular complexity index is 557. The van der Waals surface area contributed by atoms with Crippen LogP contribution in [0.5, 0.6) is 5.75 Å². The zero-order valence-corrected chi connectivity index (χ0v) is 15.1. The molecule has 1 aliphatic rings. The highest BCUT2D eigenvalue weighted by molar-refractivity contribution is 6.31. The second-order valence-corrected chi connectivity index (χ2v) is 6.34. The van der Waals surface area contributed by atoms with E-state index in [1.54, 1.807) is 13.2 Å². The second-order valence-electron chi connectivity index (χ2n) is 5.94. The highest BCUT2D eigenvalue weighted by Gasteiger charge is 2.25. The summed E-state index contributed by atoms with van der Waals surface area (Å²) in [6.07, 6.45) is 0. The lowest BCUT2D eigenvalue weighted by atomic mass is 10.1. The van der Waals surface area contributed by atoms with Crippen molar-refractivity contribution in [3.63, 3.8) is 0 Å². The number of aryl methyl sites for hydroxylation is 1. The Morgan fingerprint density at radius 1 is 1.35 bits per heavy atom. The number of amides is 1. The van der Waals surface area contributed by atoms with Crippen molar-refractivity contribution in [3.05, 3.63) is 22.7 Å².